The maximum atomic E-state index is 12.1. The van der Waals surface area contributed by atoms with Crippen molar-refractivity contribution in [3.05, 3.63) is 29.8 Å². The highest BCUT2D eigenvalue weighted by Gasteiger charge is 2.31. The number of hydrogen-bond donors (Lipinski definition) is 1. The molecular formula is C16H18F3NO4. The zero-order valence-corrected chi connectivity index (χ0v) is 13.1. The van der Waals surface area contributed by atoms with Crippen LogP contribution in [0.25, 0.3) is 0 Å². The molecule has 1 aliphatic rings. The van der Waals surface area contributed by atoms with Crippen molar-refractivity contribution >= 4 is 11.9 Å². The summed E-state index contributed by atoms with van der Waals surface area (Å²) in [6.45, 7) is 1.45. The van der Waals surface area contributed by atoms with Gasteiger partial charge in [-0.15, -0.1) is 13.2 Å². The number of nitrogens with one attached hydrogen (secondary N) is 1. The molecule has 0 unspecified atom stereocenters. The highest BCUT2D eigenvalue weighted by atomic mass is 19.4. The molecule has 0 heterocycles. The summed E-state index contributed by atoms with van der Waals surface area (Å²) >= 11 is 0. The van der Waals surface area contributed by atoms with Gasteiger partial charge >= 0.3 is 12.3 Å². The molecule has 2 rings (SSSR count). The number of carbonyl (C=O) groups is 2. The van der Waals surface area contributed by atoms with Gasteiger partial charge in [-0.2, -0.15) is 0 Å². The van der Waals surface area contributed by atoms with Crippen molar-refractivity contribution < 1.29 is 32.2 Å². The summed E-state index contributed by atoms with van der Waals surface area (Å²) in [5.41, 5.74) is 0.0324. The average Bonchev–Trinajstić information content (AvgIpc) is 2.99. The first-order valence-electron chi connectivity index (χ1n) is 7.62. The van der Waals surface area contributed by atoms with Crippen LogP contribution in [-0.4, -0.2) is 30.4 Å². The lowest BCUT2D eigenvalue weighted by Gasteiger charge is -2.17. The third-order valence-electron chi connectivity index (χ3n) is 3.68. The quantitative estimate of drug-likeness (QED) is 0.833. The van der Waals surface area contributed by atoms with Crippen LogP contribution in [0.4, 0.5) is 13.2 Å². The van der Waals surface area contributed by atoms with Gasteiger partial charge in [0.1, 0.15) is 5.75 Å². The number of halogens is 3. The molecule has 1 aromatic rings. The van der Waals surface area contributed by atoms with Gasteiger partial charge in [0.2, 0.25) is 0 Å². The van der Waals surface area contributed by atoms with Crippen molar-refractivity contribution in [3.63, 3.8) is 0 Å². The molecule has 24 heavy (non-hydrogen) atoms. The van der Waals surface area contributed by atoms with Crippen LogP contribution in [0.1, 0.15) is 43.0 Å². The van der Waals surface area contributed by atoms with Crippen molar-refractivity contribution in [1.82, 2.24) is 5.32 Å². The first-order chi connectivity index (χ1) is 11.2. The van der Waals surface area contributed by atoms with Crippen LogP contribution in [0.5, 0.6) is 5.75 Å². The third-order valence-corrected chi connectivity index (χ3v) is 3.68. The van der Waals surface area contributed by atoms with Gasteiger partial charge in [-0.3, -0.25) is 4.79 Å². The minimum Gasteiger partial charge on any atom is -0.449 e. The number of esters is 1. The van der Waals surface area contributed by atoms with E-state index in [1.807, 2.05) is 0 Å². The number of ether oxygens (including phenoxy) is 2. The Morgan fingerprint density at radius 2 is 1.75 bits per heavy atom. The zero-order valence-electron chi connectivity index (χ0n) is 13.1. The Morgan fingerprint density at radius 1 is 1.17 bits per heavy atom. The lowest BCUT2D eigenvalue weighted by Crippen LogP contribution is -2.40. The molecule has 0 saturated heterocycles. The molecule has 132 valence electrons. The maximum Gasteiger partial charge on any atom is 0.573 e. The van der Waals surface area contributed by atoms with E-state index in [1.54, 1.807) is 0 Å². The largest absolute Gasteiger partial charge is 0.573 e. The van der Waals surface area contributed by atoms with Gasteiger partial charge in [0.15, 0.2) is 6.10 Å². The summed E-state index contributed by atoms with van der Waals surface area (Å²) < 4.78 is 45.0. The Morgan fingerprint density at radius 3 is 2.29 bits per heavy atom. The second-order valence-corrected chi connectivity index (χ2v) is 5.61. The smallest absolute Gasteiger partial charge is 0.449 e. The van der Waals surface area contributed by atoms with Gasteiger partial charge in [0.25, 0.3) is 5.91 Å². The van der Waals surface area contributed by atoms with Gasteiger partial charge in [-0.25, -0.2) is 4.79 Å². The molecule has 1 aliphatic carbocycles. The molecule has 1 N–H and O–H groups in total. The number of carbonyl (C=O) groups excluding carboxylic acids is 2. The van der Waals surface area contributed by atoms with Crippen molar-refractivity contribution in [2.24, 2.45) is 0 Å². The number of benzene rings is 1. The average molecular weight is 345 g/mol. The van der Waals surface area contributed by atoms with Crippen LogP contribution in [0.3, 0.4) is 0 Å². The second-order valence-electron chi connectivity index (χ2n) is 5.61. The fraction of sp³-hybridized carbons (Fsp3) is 0.500. The predicted octanol–water partition coefficient (Wildman–Crippen LogP) is 3.19. The van der Waals surface area contributed by atoms with Gasteiger partial charge < -0.3 is 14.8 Å². The van der Waals surface area contributed by atoms with Crippen molar-refractivity contribution in [1.29, 1.82) is 0 Å². The van der Waals surface area contributed by atoms with E-state index in [0.29, 0.717) is 0 Å². The van der Waals surface area contributed by atoms with Crippen molar-refractivity contribution in [2.45, 2.75) is 51.1 Å². The molecule has 5 nitrogen and oxygen atoms in total. The Bertz CT molecular complexity index is 580. The topological polar surface area (TPSA) is 64.6 Å². The number of alkyl halides is 3. The van der Waals surface area contributed by atoms with Gasteiger partial charge in [0, 0.05) is 6.04 Å². The molecule has 1 atom stereocenters. The minimum atomic E-state index is -4.80. The fourth-order valence-corrected chi connectivity index (χ4v) is 2.46. The van der Waals surface area contributed by atoms with E-state index in [1.165, 1.54) is 6.92 Å². The van der Waals surface area contributed by atoms with E-state index in [-0.39, 0.29) is 17.5 Å². The lowest BCUT2D eigenvalue weighted by molar-refractivity contribution is -0.274. The third kappa shape index (κ3) is 5.43. The molecule has 1 fully saturated rings. The predicted molar refractivity (Wildman–Crippen MR) is 78.4 cm³/mol. The highest BCUT2D eigenvalue weighted by molar-refractivity contribution is 5.92. The summed E-state index contributed by atoms with van der Waals surface area (Å²) in [5.74, 6) is -1.61. The first kappa shape index (κ1) is 18.1. The first-order valence-corrected chi connectivity index (χ1v) is 7.62. The van der Waals surface area contributed by atoms with Crippen LogP contribution in [0.2, 0.25) is 0 Å². The summed E-state index contributed by atoms with van der Waals surface area (Å²) in [6.07, 6.45) is -1.84. The van der Waals surface area contributed by atoms with Gasteiger partial charge in [0.05, 0.1) is 5.56 Å². The molecule has 0 radical (unpaired) electrons. The normalized spacial score (nSPS) is 16.5. The van der Waals surface area contributed by atoms with E-state index in [0.717, 1.165) is 49.9 Å². The van der Waals surface area contributed by atoms with E-state index >= 15 is 0 Å². The minimum absolute atomic E-state index is 0.0324. The van der Waals surface area contributed by atoms with Crippen molar-refractivity contribution in [2.75, 3.05) is 0 Å². The van der Waals surface area contributed by atoms with Crippen LogP contribution in [0, 0.1) is 0 Å². The van der Waals surface area contributed by atoms with E-state index in [9.17, 15) is 22.8 Å². The van der Waals surface area contributed by atoms with Crippen LogP contribution in [0.15, 0.2) is 24.3 Å². The Hall–Kier alpha value is -2.25. The molecule has 0 aromatic heterocycles. The molecule has 1 aromatic carbocycles. The lowest BCUT2D eigenvalue weighted by atomic mass is 10.2. The highest BCUT2D eigenvalue weighted by Crippen LogP contribution is 2.23. The molecule has 0 spiro atoms. The zero-order chi connectivity index (χ0) is 17.7. The monoisotopic (exact) mass is 345 g/mol. The summed E-state index contributed by atoms with van der Waals surface area (Å²) in [4.78, 5) is 23.9. The van der Waals surface area contributed by atoms with Crippen LogP contribution in [-0.2, 0) is 9.53 Å². The molecule has 1 amide bonds. The maximum absolute atomic E-state index is 12.1. The number of amides is 1. The molecule has 0 bridgehead atoms. The number of rotatable bonds is 5. The summed E-state index contributed by atoms with van der Waals surface area (Å²) in [7, 11) is 0. The van der Waals surface area contributed by atoms with Crippen LogP contribution >= 0.6 is 0 Å². The van der Waals surface area contributed by atoms with Gasteiger partial charge in [-0.1, -0.05) is 12.8 Å². The summed E-state index contributed by atoms with van der Waals surface area (Å²) in [5, 5.41) is 2.81. The summed E-state index contributed by atoms with van der Waals surface area (Å²) in [6, 6.07) is 4.41. The SMILES string of the molecule is C[C@H](OC(=O)c1ccc(OC(F)(F)F)cc1)C(=O)NC1CCCC1. The Labute approximate surface area is 137 Å². The molecule has 8 heteroatoms. The van der Waals surface area contributed by atoms with E-state index in [2.05, 4.69) is 10.1 Å². The molecular weight excluding hydrogens is 327 g/mol. The molecule has 1 saturated carbocycles. The van der Waals surface area contributed by atoms with Crippen LogP contribution < -0.4 is 10.1 Å². The number of hydrogen-bond acceptors (Lipinski definition) is 4. The Kier molecular flexibility index (Phi) is 5.69. The van der Waals surface area contributed by atoms with Gasteiger partial charge in [-0.05, 0) is 44.0 Å². The van der Waals surface area contributed by atoms with E-state index < -0.39 is 24.2 Å². The standard InChI is InChI=1S/C16H18F3NO4/c1-10(14(21)20-12-4-2-3-5-12)23-15(22)11-6-8-13(9-7-11)24-16(17,18)19/h6-10,12H,2-5H2,1H3,(H,20,21)/t10-/m0/s1. The second kappa shape index (κ2) is 7.55. The fourth-order valence-electron chi connectivity index (χ4n) is 2.46. The molecule has 0 aliphatic heterocycles. The Balaban J connectivity index is 1.87. The van der Waals surface area contributed by atoms with Crippen molar-refractivity contribution in [3.8, 4) is 5.75 Å². The van der Waals surface area contributed by atoms with E-state index in [4.69, 9.17) is 4.74 Å².